The molecule has 1 unspecified atom stereocenters. The number of rotatable bonds is 6. The number of aliphatic hydroxyl groups is 1. The molecule has 190 valence electrons. The average Bonchev–Trinajstić information content (AvgIpc) is 3.61. The highest BCUT2D eigenvalue weighted by Gasteiger charge is 2.46. The number of Topliss-reactive ketones (excluding diaryl/α,β-unsaturated/α-hetero) is 1. The molecule has 0 spiro atoms. The van der Waals surface area contributed by atoms with Crippen LogP contribution in [0.2, 0.25) is 0 Å². The van der Waals surface area contributed by atoms with Crippen LogP contribution in [0.3, 0.4) is 0 Å². The number of aryl methyl sites for hydroxylation is 1. The maximum atomic E-state index is 13.8. The molecule has 5 aromatic rings. The van der Waals surface area contributed by atoms with Gasteiger partial charge in [-0.2, -0.15) is 0 Å². The van der Waals surface area contributed by atoms with E-state index in [-0.39, 0.29) is 17.3 Å². The smallest absolute Gasteiger partial charge is 0.296 e. The van der Waals surface area contributed by atoms with Crippen LogP contribution in [-0.2, 0) is 4.79 Å². The second kappa shape index (κ2) is 8.81. The lowest BCUT2D eigenvalue weighted by Gasteiger charge is -2.24. The first-order chi connectivity index (χ1) is 18.4. The first kappa shape index (κ1) is 23.4. The summed E-state index contributed by atoms with van der Waals surface area (Å²) in [6.07, 6.45) is 0. The van der Waals surface area contributed by atoms with Gasteiger partial charge in [-0.15, -0.1) is 0 Å². The zero-order chi connectivity index (χ0) is 26.6. The van der Waals surface area contributed by atoms with Gasteiger partial charge in [0, 0.05) is 17.5 Å². The summed E-state index contributed by atoms with van der Waals surface area (Å²) in [4.78, 5) is 36.4. The summed E-state index contributed by atoms with van der Waals surface area (Å²) in [5, 5.41) is 11.8. The van der Waals surface area contributed by atoms with Crippen LogP contribution in [0.15, 0.2) is 82.5 Å². The molecule has 0 radical (unpaired) electrons. The number of anilines is 1. The Morgan fingerprint density at radius 3 is 2.53 bits per heavy atom. The molecule has 0 fully saturated rings. The van der Waals surface area contributed by atoms with Gasteiger partial charge in [0.15, 0.2) is 23.0 Å². The molecule has 1 aliphatic heterocycles. The summed E-state index contributed by atoms with van der Waals surface area (Å²) in [6, 6.07) is 18.7. The van der Waals surface area contributed by atoms with Crippen molar-refractivity contribution in [2.45, 2.75) is 13.0 Å². The molecule has 3 heterocycles. The van der Waals surface area contributed by atoms with E-state index in [1.807, 2.05) is 37.3 Å². The minimum atomic E-state index is -0.951. The molecule has 0 saturated carbocycles. The number of aliphatic hydroxyl groups excluding tert-OH is 1. The highest BCUT2D eigenvalue weighted by Crippen LogP contribution is 2.43. The van der Waals surface area contributed by atoms with Crippen molar-refractivity contribution in [2.75, 3.05) is 19.1 Å². The Hall–Kier alpha value is -5.05. The van der Waals surface area contributed by atoms with Crippen LogP contribution < -0.4 is 14.4 Å². The van der Waals surface area contributed by atoms with Crippen LogP contribution >= 0.6 is 0 Å². The molecule has 38 heavy (non-hydrogen) atoms. The van der Waals surface area contributed by atoms with Crippen molar-refractivity contribution in [2.24, 2.45) is 0 Å². The number of fused-ring (bicyclic) bond motifs is 2. The lowest BCUT2D eigenvalue weighted by atomic mass is 9.94. The van der Waals surface area contributed by atoms with Crippen molar-refractivity contribution in [3.05, 3.63) is 94.9 Å². The number of carbonyl (C=O) groups excluding carboxylic acids is 2. The van der Waals surface area contributed by atoms with E-state index >= 15 is 0 Å². The average molecular weight is 510 g/mol. The fraction of sp³-hybridized carbons (Fsp3) is 0.138. The van der Waals surface area contributed by atoms with Gasteiger partial charge in [0.05, 0.1) is 36.9 Å². The third-order valence-electron chi connectivity index (χ3n) is 6.66. The number of hydrogen-bond donors (Lipinski definition) is 2. The second-order valence-electron chi connectivity index (χ2n) is 9.02. The summed E-state index contributed by atoms with van der Waals surface area (Å²) in [5.41, 5.74) is 3.11. The van der Waals surface area contributed by atoms with E-state index in [1.165, 1.54) is 19.1 Å². The van der Waals surface area contributed by atoms with E-state index in [4.69, 9.17) is 13.9 Å². The maximum Gasteiger partial charge on any atom is 0.296 e. The molecular formula is C29H23N3O6. The molecule has 1 amide bonds. The van der Waals surface area contributed by atoms with E-state index in [2.05, 4.69) is 9.97 Å². The highest BCUT2D eigenvalue weighted by molar-refractivity contribution is 6.20. The van der Waals surface area contributed by atoms with Crippen LogP contribution in [0.25, 0.3) is 22.0 Å². The number of carbonyl (C=O) groups is 2. The number of nitrogens with zero attached hydrogens (tertiary/aromatic N) is 2. The summed E-state index contributed by atoms with van der Waals surface area (Å²) >= 11 is 0. The number of para-hydroxylation sites is 1. The fourth-order valence-electron chi connectivity index (χ4n) is 4.88. The van der Waals surface area contributed by atoms with E-state index in [0.717, 1.165) is 10.9 Å². The Bertz CT molecular complexity index is 1710. The first-order valence-corrected chi connectivity index (χ1v) is 11.9. The minimum absolute atomic E-state index is 0.0270. The molecule has 9 heteroatoms. The maximum absolute atomic E-state index is 13.8. The fourth-order valence-corrected chi connectivity index (χ4v) is 4.88. The predicted molar refractivity (Wildman–Crippen MR) is 141 cm³/mol. The normalized spacial score (nSPS) is 15.6. The monoisotopic (exact) mass is 509 g/mol. The number of hydrogen-bond acceptors (Lipinski definition) is 7. The summed E-state index contributed by atoms with van der Waals surface area (Å²) in [7, 11) is 3.05. The Kier molecular flexibility index (Phi) is 5.41. The number of benzene rings is 3. The number of H-pyrrole nitrogens is 1. The first-order valence-electron chi connectivity index (χ1n) is 11.9. The van der Waals surface area contributed by atoms with Gasteiger partial charge in [-0.05, 0) is 24.6 Å². The molecule has 0 saturated heterocycles. The third kappa shape index (κ3) is 3.59. The quantitative estimate of drug-likeness (QED) is 0.294. The minimum Gasteiger partial charge on any atom is -0.503 e. The van der Waals surface area contributed by atoms with E-state index in [9.17, 15) is 14.7 Å². The second-order valence-corrected chi connectivity index (χ2v) is 9.02. The number of aromatic nitrogens is 2. The SMILES string of the molecule is COc1cc2nc(N3C(=O)C(O)=C(C(=O)c4cc5ccccc5o4)C3c3cccc(C)c3)[nH]c2cc1OC. The van der Waals surface area contributed by atoms with Crippen LogP contribution in [0.4, 0.5) is 5.95 Å². The van der Waals surface area contributed by atoms with Gasteiger partial charge < -0.3 is 24.0 Å². The van der Waals surface area contributed by atoms with E-state index < -0.39 is 23.5 Å². The number of methoxy groups -OCH3 is 2. The molecule has 1 atom stereocenters. The molecule has 0 aliphatic carbocycles. The Balaban J connectivity index is 1.51. The molecule has 3 aromatic carbocycles. The number of aromatic amines is 1. The van der Waals surface area contributed by atoms with Crippen LogP contribution in [0, 0.1) is 6.92 Å². The van der Waals surface area contributed by atoms with Gasteiger partial charge in [0.1, 0.15) is 5.58 Å². The van der Waals surface area contributed by atoms with Gasteiger partial charge in [-0.1, -0.05) is 48.0 Å². The van der Waals surface area contributed by atoms with Crippen molar-refractivity contribution < 1.29 is 28.6 Å². The van der Waals surface area contributed by atoms with Crippen molar-refractivity contribution in [1.82, 2.24) is 9.97 Å². The summed E-state index contributed by atoms with van der Waals surface area (Å²) in [5.74, 6) is -0.848. The molecule has 2 aromatic heterocycles. The number of ether oxygens (including phenoxy) is 2. The molecule has 6 rings (SSSR count). The number of nitrogens with one attached hydrogen (secondary N) is 1. The Morgan fingerprint density at radius 1 is 1.03 bits per heavy atom. The van der Waals surface area contributed by atoms with Crippen LogP contribution in [0.1, 0.15) is 27.7 Å². The number of ketones is 1. The van der Waals surface area contributed by atoms with Crippen molar-refractivity contribution in [3.63, 3.8) is 0 Å². The van der Waals surface area contributed by atoms with Crippen molar-refractivity contribution in [1.29, 1.82) is 0 Å². The van der Waals surface area contributed by atoms with Gasteiger partial charge in [-0.3, -0.25) is 14.5 Å². The lowest BCUT2D eigenvalue weighted by molar-refractivity contribution is -0.117. The Labute approximate surface area is 216 Å². The van der Waals surface area contributed by atoms with Gasteiger partial charge >= 0.3 is 0 Å². The summed E-state index contributed by atoms with van der Waals surface area (Å²) in [6.45, 7) is 1.91. The van der Waals surface area contributed by atoms with Gasteiger partial charge in [0.2, 0.25) is 11.7 Å². The van der Waals surface area contributed by atoms with Gasteiger partial charge in [0.25, 0.3) is 5.91 Å². The van der Waals surface area contributed by atoms with Crippen molar-refractivity contribution in [3.8, 4) is 11.5 Å². The van der Waals surface area contributed by atoms with Crippen LogP contribution in [-0.4, -0.2) is 41.0 Å². The van der Waals surface area contributed by atoms with Gasteiger partial charge in [-0.25, -0.2) is 4.98 Å². The molecule has 1 aliphatic rings. The number of imidazole rings is 1. The van der Waals surface area contributed by atoms with E-state index in [0.29, 0.717) is 33.7 Å². The molecule has 9 nitrogen and oxygen atoms in total. The third-order valence-corrected chi connectivity index (χ3v) is 6.66. The zero-order valence-corrected chi connectivity index (χ0v) is 20.8. The molecular weight excluding hydrogens is 486 g/mol. The summed E-state index contributed by atoms with van der Waals surface area (Å²) < 4.78 is 16.6. The Morgan fingerprint density at radius 2 is 1.79 bits per heavy atom. The number of amides is 1. The molecule has 0 bridgehead atoms. The topological polar surface area (TPSA) is 118 Å². The lowest BCUT2D eigenvalue weighted by Crippen LogP contribution is -2.32. The zero-order valence-electron chi connectivity index (χ0n) is 20.8. The van der Waals surface area contributed by atoms with Crippen LogP contribution in [0.5, 0.6) is 11.5 Å². The largest absolute Gasteiger partial charge is 0.503 e. The van der Waals surface area contributed by atoms with Crippen molar-refractivity contribution >= 4 is 39.6 Å². The highest BCUT2D eigenvalue weighted by atomic mass is 16.5. The number of furan rings is 1. The standard InChI is InChI=1S/C29H23N3O6/c1-15-7-6-9-17(11-15)25-24(26(33)23-12-16-8-4-5-10-20(16)38-23)27(34)28(35)32(25)29-30-18-13-21(36-2)22(37-3)14-19(18)31-29/h4-14,25,34H,1-3H3,(H,30,31). The molecule has 2 N–H and O–H groups in total. The predicted octanol–water partition coefficient (Wildman–Crippen LogP) is 5.42. The van der Waals surface area contributed by atoms with E-state index in [1.54, 1.807) is 36.4 Å².